The minimum Gasteiger partial charge on any atom is -0.395 e. The number of nitrogens with zero attached hydrogens (tertiary/aromatic N) is 2. The van der Waals surface area contributed by atoms with E-state index in [0.29, 0.717) is 26.2 Å². The minimum absolute atomic E-state index is 0.174. The molecule has 6 heteroatoms. The molecule has 0 aromatic heterocycles. The van der Waals surface area contributed by atoms with Crippen LogP contribution in [-0.2, 0) is 0 Å². The summed E-state index contributed by atoms with van der Waals surface area (Å²) in [7, 11) is 0. The van der Waals surface area contributed by atoms with Gasteiger partial charge in [-0.2, -0.15) is 0 Å². The Kier molecular flexibility index (Phi) is 24.5. The van der Waals surface area contributed by atoms with Crippen LogP contribution in [0, 0.1) is 5.92 Å². The Labute approximate surface area is 161 Å². The van der Waals surface area contributed by atoms with Crippen LogP contribution in [-0.4, -0.2) is 95.9 Å². The highest BCUT2D eigenvalue weighted by molar-refractivity contribution is 4.66. The van der Waals surface area contributed by atoms with E-state index in [-0.39, 0.29) is 26.4 Å². The molecule has 0 saturated heterocycles. The summed E-state index contributed by atoms with van der Waals surface area (Å²) in [5, 5.41) is 35.0. The molecule has 0 radical (unpaired) electrons. The van der Waals surface area contributed by atoms with Crippen molar-refractivity contribution in [2.24, 2.45) is 5.92 Å². The van der Waals surface area contributed by atoms with Crippen molar-refractivity contribution >= 4 is 0 Å². The molecule has 0 saturated carbocycles. The highest BCUT2D eigenvalue weighted by Crippen LogP contribution is 2.17. The van der Waals surface area contributed by atoms with Crippen molar-refractivity contribution in [3.05, 3.63) is 0 Å². The molecule has 0 aromatic carbocycles. The van der Waals surface area contributed by atoms with Crippen molar-refractivity contribution in [1.29, 1.82) is 0 Å². The number of aliphatic hydroxyl groups excluding tert-OH is 4. The van der Waals surface area contributed by atoms with Gasteiger partial charge in [0.2, 0.25) is 0 Å². The van der Waals surface area contributed by atoms with Crippen molar-refractivity contribution in [2.75, 3.05) is 65.7 Å². The number of aliphatic hydroxyl groups is 4. The molecular weight excluding hydrogens is 332 g/mol. The molecule has 0 heterocycles. The van der Waals surface area contributed by atoms with E-state index >= 15 is 0 Å². The van der Waals surface area contributed by atoms with Crippen LogP contribution in [0.25, 0.3) is 0 Å². The highest BCUT2D eigenvalue weighted by atomic mass is 16.3. The fraction of sp³-hybridized carbons (Fsp3) is 1.00. The van der Waals surface area contributed by atoms with Crippen molar-refractivity contribution < 1.29 is 20.4 Å². The number of unbranched alkanes of at least 4 members (excludes halogenated alkanes) is 2. The normalized spacial score (nSPS) is 11.3. The van der Waals surface area contributed by atoms with Gasteiger partial charge in [0.05, 0.1) is 26.4 Å². The molecule has 0 bridgehead atoms. The third-order valence-corrected chi connectivity index (χ3v) is 4.56. The number of likely N-dealkylation sites (N-methyl/N-ethyl adjacent to an activating group) is 1. The third kappa shape index (κ3) is 18.5. The summed E-state index contributed by atoms with van der Waals surface area (Å²) in [5.41, 5.74) is 0. The predicted molar refractivity (Wildman–Crippen MR) is 109 cm³/mol. The Bertz CT molecular complexity index is 238. The molecule has 6 nitrogen and oxygen atoms in total. The van der Waals surface area contributed by atoms with Crippen molar-refractivity contribution in [1.82, 2.24) is 9.80 Å². The first kappa shape index (κ1) is 28.0. The van der Waals surface area contributed by atoms with E-state index in [4.69, 9.17) is 20.4 Å². The first-order chi connectivity index (χ1) is 12.6. The lowest BCUT2D eigenvalue weighted by atomic mass is 9.95. The van der Waals surface area contributed by atoms with Crippen molar-refractivity contribution in [3.8, 4) is 0 Å². The summed E-state index contributed by atoms with van der Waals surface area (Å²) >= 11 is 0. The quantitative estimate of drug-likeness (QED) is 0.307. The summed E-state index contributed by atoms with van der Waals surface area (Å²) in [6.45, 7) is 11.8. The smallest absolute Gasteiger partial charge is 0.0558 e. The van der Waals surface area contributed by atoms with Crippen LogP contribution in [0.2, 0.25) is 0 Å². The van der Waals surface area contributed by atoms with Crippen LogP contribution in [0.4, 0.5) is 0 Å². The van der Waals surface area contributed by atoms with E-state index in [0.717, 1.165) is 19.0 Å². The van der Waals surface area contributed by atoms with Gasteiger partial charge in [0.15, 0.2) is 0 Å². The molecule has 0 aromatic rings. The number of hydrogen-bond acceptors (Lipinski definition) is 6. The van der Waals surface area contributed by atoms with Gasteiger partial charge < -0.3 is 20.4 Å². The van der Waals surface area contributed by atoms with Gasteiger partial charge in [-0.05, 0) is 25.3 Å². The second-order valence-electron chi connectivity index (χ2n) is 6.78. The van der Waals surface area contributed by atoms with E-state index in [1.807, 2.05) is 11.8 Å². The molecule has 160 valence electrons. The largest absolute Gasteiger partial charge is 0.395 e. The number of hydrogen-bond donors (Lipinski definition) is 4. The highest BCUT2D eigenvalue weighted by Gasteiger charge is 2.13. The van der Waals surface area contributed by atoms with Crippen LogP contribution in [0.1, 0.15) is 59.3 Å². The lowest BCUT2D eigenvalue weighted by Crippen LogP contribution is -2.34. The van der Waals surface area contributed by atoms with Gasteiger partial charge in [-0.1, -0.05) is 46.5 Å². The maximum absolute atomic E-state index is 9.01. The van der Waals surface area contributed by atoms with E-state index < -0.39 is 0 Å². The molecule has 0 fully saturated rings. The lowest BCUT2D eigenvalue weighted by molar-refractivity contribution is 0.138. The second kappa shape index (κ2) is 22.8. The van der Waals surface area contributed by atoms with Gasteiger partial charge in [0.25, 0.3) is 0 Å². The Balaban J connectivity index is 0. The van der Waals surface area contributed by atoms with Crippen LogP contribution in [0.3, 0.4) is 0 Å². The molecule has 0 spiro atoms. The van der Waals surface area contributed by atoms with Gasteiger partial charge >= 0.3 is 0 Å². The summed E-state index contributed by atoms with van der Waals surface area (Å²) in [4.78, 5) is 4.18. The van der Waals surface area contributed by atoms with Gasteiger partial charge in [-0.15, -0.1) is 0 Å². The van der Waals surface area contributed by atoms with Crippen LogP contribution in [0.15, 0.2) is 0 Å². The summed E-state index contributed by atoms with van der Waals surface area (Å²) < 4.78 is 0. The van der Waals surface area contributed by atoms with E-state index in [1.165, 1.54) is 38.5 Å². The van der Waals surface area contributed by atoms with Crippen molar-refractivity contribution in [3.63, 3.8) is 0 Å². The van der Waals surface area contributed by atoms with Gasteiger partial charge in [0.1, 0.15) is 0 Å². The molecule has 0 aliphatic rings. The molecule has 0 amide bonds. The summed E-state index contributed by atoms with van der Waals surface area (Å²) in [6, 6.07) is 0. The molecule has 0 atom stereocenters. The Morgan fingerprint density at radius 1 is 0.615 bits per heavy atom. The third-order valence-electron chi connectivity index (χ3n) is 4.56. The van der Waals surface area contributed by atoms with Gasteiger partial charge in [0, 0.05) is 32.7 Å². The average molecular weight is 379 g/mol. The monoisotopic (exact) mass is 378 g/mol. The van der Waals surface area contributed by atoms with Crippen molar-refractivity contribution in [2.45, 2.75) is 59.3 Å². The number of rotatable bonds is 17. The molecule has 26 heavy (non-hydrogen) atoms. The Hall–Kier alpha value is -0.240. The molecular formula is C20H46N2O4. The molecule has 4 N–H and O–H groups in total. The molecule has 0 aliphatic carbocycles. The maximum atomic E-state index is 9.01. The zero-order valence-corrected chi connectivity index (χ0v) is 17.6. The van der Waals surface area contributed by atoms with E-state index in [1.54, 1.807) is 0 Å². The van der Waals surface area contributed by atoms with E-state index in [2.05, 4.69) is 18.7 Å². The van der Waals surface area contributed by atoms with E-state index in [9.17, 15) is 0 Å². The average Bonchev–Trinajstić information content (AvgIpc) is 2.64. The van der Waals surface area contributed by atoms with Gasteiger partial charge in [-0.3, -0.25) is 9.80 Å². The first-order valence-electron chi connectivity index (χ1n) is 10.5. The molecule has 0 aliphatic heterocycles. The standard InChI is InChI=1S/C14H31NO2.C6H15NO2/c1-3-5-7-14(8-6-4-2)13-15(9-11-16)10-12-17;1-2-7(3-5-8)4-6-9/h14,16-17H,3-13H2,1-2H3;8-9H,2-6H2,1H3. The zero-order valence-electron chi connectivity index (χ0n) is 17.6. The SMILES string of the molecule is CCCCC(CCCC)CN(CCO)CCO.CCN(CCO)CCO. The summed E-state index contributed by atoms with van der Waals surface area (Å²) in [6.07, 6.45) is 7.65. The Morgan fingerprint density at radius 3 is 1.31 bits per heavy atom. The fourth-order valence-electron chi connectivity index (χ4n) is 2.97. The first-order valence-corrected chi connectivity index (χ1v) is 10.5. The van der Waals surface area contributed by atoms with Crippen LogP contribution in [0.5, 0.6) is 0 Å². The predicted octanol–water partition coefficient (Wildman–Crippen LogP) is 1.56. The topological polar surface area (TPSA) is 87.4 Å². The maximum Gasteiger partial charge on any atom is 0.0558 e. The van der Waals surface area contributed by atoms with Gasteiger partial charge in [-0.25, -0.2) is 0 Å². The second-order valence-corrected chi connectivity index (χ2v) is 6.78. The Morgan fingerprint density at radius 2 is 1.00 bits per heavy atom. The fourth-order valence-corrected chi connectivity index (χ4v) is 2.97. The minimum atomic E-state index is 0.174. The molecule has 0 unspecified atom stereocenters. The zero-order chi connectivity index (χ0) is 20.0. The molecule has 0 rings (SSSR count). The van der Waals surface area contributed by atoms with Crippen LogP contribution < -0.4 is 0 Å². The van der Waals surface area contributed by atoms with Crippen LogP contribution >= 0.6 is 0 Å². The summed E-state index contributed by atoms with van der Waals surface area (Å²) in [5.74, 6) is 0.730. The lowest BCUT2D eigenvalue weighted by Gasteiger charge is -2.26.